The Hall–Kier alpha value is -6.92. The van der Waals surface area contributed by atoms with Gasteiger partial charge in [-0.2, -0.15) is 52.7 Å². The van der Waals surface area contributed by atoms with Crippen LogP contribution in [-0.4, -0.2) is 34.5 Å². The number of fused-ring (bicyclic) bond motifs is 3. The van der Waals surface area contributed by atoms with Gasteiger partial charge in [-0.3, -0.25) is 0 Å². The van der Waals surface area contributed by atoms with Crippen molar-refractivity contribution in [2.45, 2.75) is 52.4 Å². The maximum absolute atomic E-state index is 14.0. The van der Waals surface area contributed by atoms with Gasteiger partial charge in [0.15, 0.2) is 11.6 Å². The third-order valence-electron chi connectivity index (χ3n) is 10.1. The van der Waals surface area contributed by atoms with E-state index in [0.717, 1.165) is 0 Å². The van der Waals surface area contributed by atoms with E-state index in [9.17, 15) is 52.7 Å². The Balaban J connectivity index is 1.48. The predicted molar refractivity (Wildman–Crippen MR) is 208 cm³/mol. The average Bonchev–Trinajstić information content (AvgIpc) is 3.51. The number of halogens is 12. The SMILES string of the molecule is Cc1nc(C)nc(-c2ccc(-n3c4cc(-c5cc(C(F)(F)F)cc(C(F)(F)F)c5)ccc4c4ccc(-c5cc(C(F)(F)F)cc(C(F)(F)F)c5)cc43)c(-c3nc(C)nc(C)n3)c2)n1. The Bertz CT molecular complexity index is 2890. The molecule has 0 saturated carbocycles. The van der Waals surface area contributed by atoms with Crippen molar-refractivity contribution < 1.29 is 52.7 Å². The van der Waals surface area contributed by atoms with Gasteiger partial charge in [0.25, 0.3) is 0 Å². The van der Waals surface area contributed by atoms with E-state index in [0.29, 0.717) is 63.9 Å². The number of benzene rings is 5. The number of rotatable bonds is 5. The molecule has 7 nitrogen and oxygen atoms in total. The fraction of sp³-hybridized carbons (Fsp3) is 0.182. The first-order valence-corrected chi connectivity index (χ1v) is 18.6. The highest BCUT2D eigenvalue weighted by Crippen LogP contribution is 2.44. The summed E-state index contributed by atoms with van der Waals surface area (Å²) in [5.41, 5.74) is -5.99. The molecule has 0 aliphatic rings. The molecule has 0 aliphatic heterocycles. The van der Waals surface area contributed by atoms with Crippen molar-refractivity contribution in [2.24, 2.45) is 0 Å². The number of nitrogens with zero attached hydrogens (tertiary/aromatic N) is 7. The number of hydrogen-bond donors (Lipinski definition) is 0. The van der Waals surface area contributed by atoms with Crippen LogP contribution in [0.3, 0.4) is 0 Å². The van der Waals surface area contributed by atoms with E-state index in [1.807, 2.05) is 0 Å². The van der Waals surface area contributed by atoms with Crippen molar-refractivity contribution in [1.29, 1.82) is 0 Å². The third-order valence-corrected chi connectivity index (χ3v) is 10.1. The highest BCUT2D eigenvalue weighted by molar-refractivity contribution is 6.11. The zero-order valence-corrected chi connectivity index (χ0v) is 32.8. The highest BCUT2D eigenvalue weighted by atomic mass is 19.4. The number of hydrogen-bond acceptors (Lipinski definition) is 6. The molecular formula is C44H27F12N7. The molecule has 63 heavy (non-hydrogen) atoms. The van der Waals surface area contributed by atoms with Crippen molar-refractivity contribution >= 4 is 21.8 Å². The summed E-state index contributed by atoms with van der Waals surface area (Å²) in [6.45, 7) is 6.52. The first-order valence-electron chi connectivity index (χ1n) is 18.6. The van der Waals surface area contributed by atoms with Gasteiger partial charge in [-0.25, -0.2) is 29.9 Å². The van der Waals surface area contributed by atoms with Gasteiger partial charge in [0, 0.05) is 21.9 Å². The Kier molecular flexibility index (Phi) is 10.1. The second-order valence-electron chi connectivity index (χ2n) is 14.6. The summed E-state index contributed by atoms with van der Waals surface area (Å²) in [6, 6.07) is 15.3. The van der Waals surface area contributed by atoms with Gasteiger partial charge in [0.1, 0.15) is 23.3 Å². The Morgan fingerprint density at radius 2 is 0.698 bits per heavy atom. The number of aryl methyl sites for hydroxylation is 4. The van der Waals surface area contributed by atoms with Gasteiger partial charge < -0.3 is 4.57 Å². The molecule has 8 rings (SSSR count). The van der Waals surface area contributed by atoms with E-state index in [1.165, 1.54) is 41.0 Å². The summed E-state index contributed by atoms with van der Waals surface area (Å²) in [6.07, 6.45) is -20.6. The van der Waals surface area contributed by atoms with E-state index in [-0.39, 0.29) is 57.2 Å². The van der Waals surface area contributed by atoms with Crippen LogP contribution >= 0.6 is 0 Å². The summed E-state index contributed by atoms with van der Waals surface area (Å²) in [7, 11) is 0. The molecule has 3 aromatic heterocycles. The molecule has 19 heteroatoms. The fourth-order valence-electron chi connectivity index (χ4n) is 7.41. The first-order chi connectivity index (χ1) is 29.3. The lowest BCUT2D eigenvalue weighted by Crippen LogP contribution is -2.11. The molecule has 8 aromatic rings. The minimum Gasteiger partial charge on any atom is -0.308 e. The second kappa shape index (κ2) is 14.9. The monoisotopic (exact) mass is 881 g/mol. The van der Waals surface area contributed by atoms with Crippen LogP contribution < -0.4 is 0 Å². The summed E-state index contributed by atoms with van der Waals surface area (Å²) in [5.74, 6) is 1.72. The molecule has 0 spiro atoms. The summed E-state index contributed by atoms with van der Waals surface area (Å²) in [4.78, 5) is 26.5. The van der Waals surface area contributed by atoms with E-state index >= 15 is 0 Å². The molecule has 0 fully saturated rings. The van der Waals surface area contributed by atoms with Crippen LogP contribution in [0, 0.1) is 27.7 Å². The van der Waals surface area contributed by atoms with Gasteiger partial charge in [-0.1, -0.05) is 24.3 Å². The lowest BCUT2D eigenvalue weighted by Gasteiger charge is -2.17. The zero-order chi connectivity index (χ0) is 45.6. The first kappa shape index (κ1) is 42.8. The molecule has 0 unspecified atom stereocenters. The van der Waals surface area contributed by atoms with Gasteiger partial charge in [0.2, 0.25) is 0 Å². The van der Waals surface area contributed by atoms with Crippen LogP contribution in [0.1, 0.15) is 45.6 Å². The standard InChI is InChI=1S/C44H27F12N7/c1-20-57-21(2)60-39(59-20)26-7-10-36(35(15-26)40-61-22(3)58-23(4)62-40)63-37-16-24(27-11-29(41(45,46)47)18-30(12-27)42(48,49)50)5-8-33(37)34-9-6-25(17-38(34)63)28-13-31(43(51,52)53)19-32(14-28)44(54,55)56/h5-19H,1-4H3. The van der Waals surface area contributed by atoms with Crippen LogP contribution in [0.25, 0.3) is 72.5 Å². The van der Waals surface area contributed by atoms with Crippen LogP contribution in [0.5, 0.6) is 0 Å². The van der Waals surface area contributed by atoms with Crippen LogP contribution in [0.2, 0.25) is 0 Å². The molecule has 0 bridgehead atoms. The van der Waals surface area contributed by atoms with E-state index < -0.39 is 58.1 Å². The highest BCUT2D eigenvalue weighted by Gasteiger charge is 2.38. The van der Waals surface area contributed by atoms with Crippen molar-refractivity contribution in [3.05, 3.63) is 137 Å². The minimum atomic E-state index is -5.16. The Labute approximate surface area is 348 Å². The lowest BCUT2D eigenvalue weighted by atomic mass is 9.97. The fourth-order valence-corrected chi connectivity index (χ4v) is 7.41. The minimum absolute atomic E-state index is 0.000551. The maximum atomic E-state index is 14.0. The molecule has 0 atom stereocenters. The molecule has 0 saturated heterocycles. The van der Waals surface area contributed by atoms with Crippen molar-refractivity contribution in [1.82, 2.24) is 34.5 Å². The Morgan fingerprint density at radius 3 is 1.06 bits per heavy atom. The van der Waals surface area contributed by atoms with Crippen molar-refractivity contribution in [3.63, 3.8) is 0 Å². The summed E-state index contributed by atoms with van der Waals surface area (Å²) < 4.78 is 170. The maximum Gasteiger partial charge on any atom is 0.416 e. The number of aromatic nitrogens is 7. The molecule has 5 aromatic carbocycles. The topological polar surface area (TPSA) is 82.3 Å². The molecule has 0 aliphatic carbocycles. The van der Waals surface area contributed by atoms with E-state index in [2.05, 4.69) is 29.9 Å². The summed E-state index contributed by atoms with van der Waals surface area (Å²) >= 11 is 0. The average molecular weight is 882 g/mol. The predicted octanol–water partition coefficient (Wildman–Crippen LogP) is 13.1. The Morgan fingerprint density at radius 1 is 0.349 bits per heavy atom. The van der Waals surface area contributed by atoms with Gasteiger partial charge >= 0.3 is 24.7 Å². The molecular weight excluding hydrogens is 855 g/mol. The summed E-state index contributed by atoms with van der Waals surface area (Å²) in [5, 5.41) is 0.732. The van der Waals surface area contributed by atoms with Gasteiger partial charge in [-0.05, 0) is 117 Å². The second-order valence-corrected chi connectivity index (χ2v) is 14.6. The van der Waals surface area contributed by atoms with Crippen LogP contribution in [0.4, 0.5) is 52.7 Å². The van der Waals surface area contributed by atoms with Crippen LogP contribution in [-0.2, 0) is 24.7 Å². The van der Waals surface area contributed by atoms with Crippen molar-refractivity contribution in [3.8, 4) is 50.7 Å². The number of alkyl halides is 12. The molecule has 0 radical (unpaired) electrons. The third kappa shape index (κ3) is 8.38. The smallest absolute Gasteiger partial charge is 0.308 e. The largest absolute Gasteiger partial charge is 0.416 e. The van der Waals surface area contributed by atoms with Crippen molar-refractivity contribution in [2.75, 3.05) is 0 Å². The lowest BCUT2D eigenvalue weighted by molar-refractivity contribution is -0.144. The molecule has 0 N–H and O–H groups in total. The normalized spacial score (nSPS) is 12.8. The quantitative estimate of drug-likeness (QED) is 0.160. The van der Waals surface area contributed by atoms with E-state index in [1.54, 1.807) is 45.9 Å². The molecule has 322 valence electrons. The van der Waals surface area contributed by atoms with E-state index in [4.69, 9.17) is 0 Å². The van der Waals surface area contributed by atoms with Gasteiger partial charge in [-0.15, -0.1) is 0 Å². The zero-order valence-electron chi connectivity index (χ0n) is 32.8. The van der Waals surface area contributed by atoms with Gasteiger partial charge in [0.05, 0.1) is 39.0 Å². The molecule has 0 amide bonds. The molecule has 3 heterocycles. The van der Waals surface area contributed by atoms with Crippen LogP contribution in [0.15, 0.2) is 91.0 Å².